The average Bonchev–Trinajstić information content (AvgIpc) is 2.16. The monoisotopic (exact) mass is 161 g/mol. The molecular weight excluding hydrogens is 146 g/mol. The summed E-state index contributed by atoms with van der Waals surface area (Å²) in [4.78, 5) is 0. The molecule has 0 aliphatic rings. The lowest BCUT2D eigenvalue weighted by molar-refractivity contribution is 0.923. The standard InChI is InChI=1S/C11H15N/c1-2-11(12)9-8-10-6-4-3-5-7-10/h2-7H,8-9,12H2,1H3/b11-2-. The molecule has 0 fully saturated rings. The molecule has 1 aromatic carbocycles. The maximum Gasteiger partial charge on any atom is 0.00404 e. The third-order valence-corrected chi connectivity index (χ3v) is 1.92. The van der Waals surface area contributed by atoms with Crippen molar-refractivity contribution in [3.63, 3.8) is 0 Å². The summed E-state index contributed by atoms with van der Waals surface area (Å²) in [6.45, 7) is 1.97. The molecule has 1 nitrogen and oxygen atoms in total. The molecule has 0 aliphatic heterocycles. The summed E-state index contributed by atoms with van der Waals surface area (Å²) < 4.78 is 0. The van der Waals surface area contributed by atoms with Gasteiger partial charge in [0.2, 0.25) is 0 Å². The molecule has 0 aliphatic carbocycles. The minimum atomic E-state index is 0.959. The van der Waals surface area contributed by atoms with E-state index in [1.165, 1.54) is 5.56 Å². The lowest BCUT2D eigenvalue weighted by Gasteiger charge is -2.00. The van der Waals surface area contributed by atoms with Crippen molar-refractivity contribution in [2.24, 2.45) is 5.73 Å². The van der Waals surface area contributed by atoms with Gasteiger partial charge in [-0.25, -0.2) is 0 Å². The van der Waals surface area contributed by atoms with Crippen LogP contribution in [0.4, 0.5) is 0 Å². The van der Waals surface area contributed by atoms with Gasteiger partial charge in [0.1, 0.15) is 0 Å². The Morgan fingerprint density at radius 1 is 1.33 bits per heavy atom. The van der Waals surface area contributed by atoms with Crippen LogP contribution < -0.4 is 5.73 Å². The Hall–Kier alpha value is -1.24. The van der Waals surface area contributed by atoms with Gasteiger partial charge >= 0.3 is 0 Å². The molecule has 0 bridgehead atoms. The van der Waals surface area contributed by atoms with Gasteiger partial charge in [0.15, 0.2) is 0 Å². The summed E-state index contributed by atoms with van der Waals surface area (Å²) in [5.41, 5.74) is 8.00. The highest BCUT2D eigenvalue weighted by molar-refractivity contribution is 5.15. The Kier molecular flexibility index (Phi) is 3.39. The fourth-order valence-corrected chi connectivity index (χ4v) is 1.08. The summed E-state index contributed by atoms with van der Waals surface area (Å²) in [7, 11) is 0. The van der Waals surface area contributed by atoms with E-state index in [-0.39, 0.29) is 0 Å². The molecule has 12 heavy (non-hydrogen) atoms. The average molecular weight is 161 g/mol. The lowest BCUT2D eigenvalue weighted by atomic mass is 10.1. The first kappa shape index (κ1) is 8.85. The van der Waals surface area contributed by atoms with E-state index < -0.39 is 0 Å². The molecule has 0 radical (unpaired) electrons. The lowest BCUT2D eigenvalue weighted by Crippen LogP contribution is -1.98. The van der Waals surface area contributed by atoms with Gasteiger partial charge < -0.3 is 5.73 Å². The predicted molar refractivity (Wildman–Crippen MR) is 52.7 cm³/mol. The topological polar surface area (TPSA) is 26.0 Å². The third-order valence-electron chi connectivity index (χ3n) is 1.92. The van der Waals surface area contributed by atoms with Crippen molar-refractivity contribution in [3.8, 4) is 0 Å². The normalized spacial score (nSPS) is 11.6. The zero-order valence-electron chi connectivity index (χ0n) is 7.46. The molecule has 2 N–H and O–H groups in total. The molecule has 0 saturated heterocycles. The van der Waals surface area contributed by atoms with Crippen molar-refractivity contribution >= 4 is 0 Å². The van der Waals surface area contributed by atoms with E-state index in [1.54, 1.807) is 0 Å². The van der Waals surface area contributed by atoms with Crippen molar-refractivity contribution < 1.29 is 0 Å². The van der Waals surface area contributed by atoms with Crippen LogP contribution in [0.3, 0.4) is 0 Å². The highest BCUT2D eigenvalue weighted by Crippen LogP contribution is 2.04. The van der Waals surface area contributed by atoms with Crippen LogP contribution in [-0.4, -0.2) is 0 Å². The SMILES string of the molecule is C/C=C(\N)CCc1ccccc1. The smallest absolute Gasteiger partial charge is 0.00404 e. The highest BCUT2D eigenvalue weighted by Gasteiger charge is 1.92. The molecule has 1 heteroatoms. The van der Waals surface area contributed by atoms with Crippen LogP contribution in [0.15, 0.2) is 42.1 Å². The van der Waals surface area contributed by atoms with Gasteiger partial charge in [0.05, 0.1) is 0 Å². The first-order valence-corrected chi connectivity index (χ1v) is 4.27. The van der Waals surface area contributed by atoms with Crippen molar-refractivity contribution in [3.05, 3.63) is 47.7 Å². The predicted octanol–water partition coefficient (Wildman–Crippen LogP) is 2.48. The molecule has 0 spiro atoms. The summed E-state index contributed by atoms with van der Waals surface area (Å²) in [6, 6.07) is 10.4. The second-order valence-electron chi connectivity index (χ2n) is 2.85. The van der Waals surface area contributed by atoms with E-state index >= 15 is 0 Å². The molecular formula is C11H15N. The van der Waals surface area contributed by atoms with Crippen LogP contribution in [0.1, 0.15) is 18.9 Å². The molecule has 0 saturated carbocycles. The van der Waals surface area contributed by atoms with Gasteiger partial charge in [0, 0.05) is 5.70 Å². The molecule has 0 amide bonds. The summed E-state index contributed by atoms with van der Waals surface area (Å²) >= 11 is 0. The van der Waals surface area contributed by atoms with E-state index in [2.05, 4.69) is 24.3 Å². The summed E-state index contributed by atoms with van der Waals surface area (Å²) in [5, 5.41) is 0. The van der Waals surface area contributed by atoms with E-state index in [0.717, 1.165) is 18.5 Å². The van der Waals surface area contributed by atoms with Crippen molar-refractivity contribution in [1.29, 1.82) is 0 Å². The van der Waals surface area contributed by atoms with E-state index in [4.69, 9.17) is 5.73 Å². The number of nitrogens with two attached hydrogens (primary N) is 1. The van der Waals surface area contributed by atoms with Crippen LogP contribution in [0, 0.1) is 0 Å². The molecule has 1 aromatic rings. The minimum absolute atomic E-state index is 0.959. The van der Waals surface area contributed by atoms with Crippen molar-refractivity contribution in [2.75, 3.05) is 0 Å². The molecule has 0 atom stereocenters. The van der Waals surface area contributed by atoms with Crippen LogP contribution >= 0.6 is 0 Å². The fraction of sp³-hybridized carbons (Fsp3) is 0.273. The van der Waals surface area contributed by atoms with Gasteiger partial charge in [-0.3, -0.25) is 0 Å². The molecule has 0 aromatic heterocycles. The zero-order valence-corrected chi connectivity index (χ0v) is 7.46. The number of aryl methyl sites for hydroxylation is 1. The van der Waals surface area contributed by atoms with Gasteiger partial charge in [-0.15, -0.1) is 0 Å². The van der Waals surface area contributed by atoms with E-state index in [0.29, 0.717) is 0 Å². The Balaban J connectivity index is 2.44. The van der Waals surface area contributed by atoms with Crippen molar-refractivity contribution in [2.45, 2.75) is 19.8 Å². The van der Waals surface area contributed by atoms with Crippen LogP contribution in [0.2, 0.25) is 0 Å². The Morgan fingerprint density at radius 2 is 2.00 bits per heavy atom. The first-order valence-electron chi connectivity index (χ1n) is 4.27. The number of allylic oxidation sites excluding steroid dienone is 2. The van der Waals surface area contributed by atoms with Gasteiger partial charge in [-0.1, -0.05) is 36.4 Å². The molecule has 0 unspecified atom stereocenters. The number of hydrogen-bond donors (Lipinski definition) is 1. The minimum Gasteiger partial charge on any atom is -0.402 e. The molecule has 0 heterocycles. The summed E-state index contributed by atoms with van der Waals surface area (Å²) in [5.74, 6) is 0. The number of rotatable bonds is 3. The van der Waals surface area contributed by atoms with Crippen LogP contribution in [0.25, 0.3) is 0 Å². The Morgan fingerprint density at radius 3 is 2.58 bits per heavy atom. The Labute approximate surface area is 73.9 Å². The third kappa shape index (κ3) is 2.79. The highest BCUT2D eigenvalue weighted by atomic mass is 14.6. The maximum atomic E-state index is 5.68. The number of hydrogen-bond acceptors (Lipinski definition) is 1. The second-order valence-corrected chi connectivity index (χ2v) is 2.85. The molecule has 64 valence electrons. The van der Waals surface area contributed by atoms with E-state index in [9.17, 15) is 0 Å². The number of benzene rings is 1. The largest absolute Gasteiger partial charge is 0.402 e. The summed E-state index contributed by atoms with van der Waals surface area (Å²) in [6.07, 6.45) is 3.96. The van der Waals surface area contributed by atoms with Gasteiger partial charge in [-0.05, 0) is 25.3 Å². The van der Waals surface area contributed by atoms with Gasteiger partial charge in [0.25, 0.3) is 0 Å². The maximum absolute atomic E-state index is 5.68. The molecule has 1 rings (SSSR count). The quantitative estimate of drug-likeness (QED) is 0.724. The van der Waals surface area contributed by atoms with E-state index in [1.807, 2.05) is 19.1 Å². The second kappa shape index (κ2) is 4.60. The zero-order chi connectivity index (χ0) is 8.81. The first-order chi connectivity index (χ1) is 5.83. The van der Waals surface area contributed by atoms with Crippen LogP contribution in [-0.2, 0) is 6.42 Å². The van der Waals surface area contributed by atoms with Gasteiger partial charge in [-0.2, -0.15) is 0 Å². The van der Waals surface area contributed by atoms with Crippen molar-refractivity contribution in [1.82, 2.24) is 0 Å². The fourth-order valence-electron chi connectivity index (χ4n) is 1.08. The Bertz CT molecular complexity index is 249. The van der Waals surface area contributed by atoms with Crippen LogP contribution in [0.5, 0.6) is 0 Å².